The van der Waals surface area contributed by atoms with Crippen LogP contribution in [0.5, 0.6) is 0 Å². The molecule has 0 saturated heterocycles. The van der Waals surface area contributed by atoms with Crippen molar-refractivity contribution in [2.45, 2.75) is 26.2 Å². The number of hydrogen-bond acceptors (Lipinski definition) is 4. The topological polar surface area (TPSA) is 55.9 Å². The first kappa shape index (κ1) is 14.4. The average molecular weight is 343 g/mol. The number of rotatable bonds is 6. The van der Waals surface area contributed by atoms with Crippen molar-refractivity contribution in [1.29, 1.82) is 0 Å². The fourth-order valence-electron chi connectivity index (χ4n) is 2.02. The van der Waals surface area contributed by atoms with Gasteiger partial charge in [0.1, 0.15) is 5.82 Å². The van der Waals surface area contributed by atoms with Crippen LogP contribution in [0.15, 0.2) is 15.9 Å². The Kier molecular flexibility index (Phi) is 4.87. The molecular weight excluding hydrogens is 324 g/mol. The first-order valence-electron chi connectivity index (χ1n) is 6.41. The molecule has 0 fully saturated rings. The molecule has 0 unspecified atom stereocenters. The van der Waals surface area contributed by atoms with Gasteiger partial charge in [-0.25, -0.2) is 0 Å². The van der Waals surface area contributed by atoms with Crippen LogP contribution < -0.4 is 11.1 Å². The third-order valence-corrected chi connectivity index (χ3v) is 4.62. The standard InChI is InChI=1S/C13H19BrN4S/c1-3-4-10-12(15)13(18(2)17-10)16-8-7-9-5-6-11(14)19-9/h5-6,16H,3-4,7-8,15H2,1-2H3. The van der Waals surface area contributed by atoms with Crippen molar-refractivity contribution in [2.75, 3.05) is 17.6 Å². The van der Waals surface area contributed by atoms with Crippen molar-refractivity contribution in [2.24, 2.45) is 7.05 Å². The maximum Gasteiger partial charge on any atom is 0.147 e. The number of nitrogens with two attached hydrogens (primary N) is 1. The van der Waals surface area contributed by atoms with Crippen molar-refractivity contribution < 1.29 is 0 Å². The Morgan fingerprint density at radius 1 is 1.42 bits per heavy atom. The Labute approximate surface area is 126 Å². The highest BCUT2D eigenvalue weighted by molar-refractivity contribution is 9.11. The Morgan fingerprint density at radius 2 is 2.21 bits per heavy atom. The smallest absolute Gasteiger partial charge is 0.147 e. The van der Waals surface area contributed by atoms with Gasteiger partial charge in [0.05, 0.1) is 15.2 Å². The van der Waals surface area contributed by atoms with Gasteiger partial charge in [-0.2, -0.15) is 5.10 Å². The number of hydrogen-bond donors (Lipinski definition) is 2. The third-order valence-electron chi connectivity index (χ3n) is 2.94. The number of nitrogens with one attached hydrogen (secondary N) is 1. The second-order valence-electron chi connectivity index (χ2n) is 4.47. The Morgan fingerprint density at radius 3 is 2.84 bits per heavy atom. The summed E-state index contributed by atoms with van der Waals surface area (Å²) in [4.78, 5) is 1.36. The third kappa shape index (κ3) is 3.51. The largest absolute Gasteiger partial charge is 0.394 e. The van der Waals surface area contributed by atoms with E-state index in [-0.39, 0.29) is 0 Å². The van der Waals surface area contributed by atoms with Crippen LogP contribution in [-0.2, 0) is 19.9 Å². The van der Waals surface area contributed by atoms with Crippen LogP contribution in [0, 0.1) is 0 Å². The van der Waals surface area contributed by atoms with Crippen molar-refractivity contribution in [3.63, 3.8) is 0 Å². The lowest BCUT2D eigenvalue weighted by Crippen LogP contribution is -2.09. The van der Waals surface area contributed by atoms with E-state index in [0.717, 1.165) is 43.0 Å². The number of nitrogen functional groups attached to an aromatic ring is 1. The summed E-state index contributed by atoms with van der Waals surface area (Å²) in [5.74, 6) is 0.930. The number of aryl methyl sites for hydroxylation is 2. The number of thiophene rings is 1. The quantitative estimate of drug-likeness (QED) is 0.845. The highest BCUT2D eigenvalue weighted by Crippen LogP contribution is 2.24. The van der Waals surface area contributed by atoms with Gasteiger partial charge in [-0.3, -0.25) is 4.68 Å². The Bertz CT molecular complexity index is 547. The van der Waals surface area contributed by atoms with E-state index in [2.05, 4.69) is 45.4 Å². The van der Waals surface area contributed by atoms with Crippen molar-refractivity contribution in [3.05, 3.63) is 26.5 Å². The molecule has 4 nitrogen and oxygen atoms in total. The zero-order valence-corrected chi connectivity index (χ0v) is 13.6. The maximum absolute atomic E-state index is 6.12. The van der Waals surface area contributed by atoms with Crippen molar-refractivity contribution >= 4 is 38.8 Å². The molecule has 0 aliphatic heterocycles. The first-order chi connectivity index (χ1) is 9.11. The van der Waals surface area contributed by atoms with Crippen LogP contribution in [-0.4, -0.2) is 16.3 Å². The fraction of sp³-hybridized carbons (Fsp3) is 0.462. The SMILES string of the molecule is CCCc1nn(C)c(NCCc2ccc(Br)s2)c1N. The molecule has 2 rings (SSSR count). The molecule has 2 heterocycles. The van der Waals surface area contributed by atoms with E-state index in [1.54, 1.807) is 11.3 Å². The van der Waals surface area contributed by atoms with E-state index < -0.39 is 0 Å². The average Bonchev–Trinajstić information content (AvgIpc) is 2.89. The molecule has 0 aromatic carbocycles. The summed E-state index contributed by atoms with van der Waals surface area (Å²) in [5, 5.41) is 7.84. The zero-order valence-electron chi connectivity index (χ0n) is 11.2. The summed E-state index contributed by atoms with van der Waals surface area (Å²) in [6.45, 7) is 3.00. The lowest BCUT2D eigenvalue weighted by Gasteiger charge is -2.06. The molecule has 0 saturated carbocycles. The highest BCUT2D eigenvalue weighted by Gasteiger charge is 2.11. The molecule has 19 heavy (non-hydrogen) atoms. The van der Waals surface area contributed by atoms with Crippen LogP contribution in [0.25, 0.3) is 0 Å². The predicted octanol–water partition coefficient (Wildman–Crippen LogP) is 3.43. The van der Waals surface area contributed by atoms with Gasteiger partial charge in [-0.1, -0.05) is 13.3 Å². The highest BCUT2D eigenvalue weighted by atomic mass is 79.9. The second kappa shape index (κ2) is 6.43. The molecule has 6 heteroatoms. The molecule has 3 N–H and O–H groups in total. The van der Waals surface area contributed by atoms with Gasteiger partial charge in [-0.15, -0.1) is 11.3 Å². The predicted molar refractivity (Wildman–Crippen MR) is 85.8 cm³/mol. The van der Waals surface area contributed by atoms with Crippen LogP contribution in [0.3, 0.4) is 0 Å². The minimum absolute atomic E-state index is 0.789. The summed E-state index contributed by atoms with van der Waals surface area (Å²) < 4.78 is 3.01. The van der Waals surface area contributed by atoms with Gasteiger partial charge >= 0.3 is 0 Å². The van der Waals surface area contributed by atoms with Crippen LogP contribution in [0.2, 0.25) is 0 Å². The number of nitrogens with zero attached hydrogens (tertiary/aromatic N) is 2. The van der Waals surface area contributed by atoms with E-state index in [4.69, 9.17) is 5.73 Å². The molecule has 2 aromatic rings. The van der Waals surface area contributed by atoms with Gasteiger partial charge in [-0.05, 0) is 40.9 Å². The lowest BCUT2D eigenvalue weighted by atomic mass is 10.2. The van der Waals surface area contributed by atoms with Crippen LogP contribution in [0.4, 0.5) is 11.5 Å². The monoisotopic (exact) mass is 342 g/mol. The minimum Gasteiger partial charge on any atom is -0.394 e. The van der Waals surface area contributed by atoms with Gasteiger partial charge in [0.25, 0.3) is 0 Å². The number of anilines is 2. The van der Waals surface area contributed by atoms with E-state index in [1.807, 2.05) is 11.7 Å². The molecule has 0 aliphatic carbocycles. The summed E-state index contributed by atoms with van der Waals surface area (Å²) in [5.41, 5.74) is 7.90. The normalized spacial score (nSPS) is 10.9. The van der Waals surface area contributed by atoms with E-state index in [0.29, 0.717) is 0 Å². The van der Waals surface area contributed by atoms with Gasteiger partial charge in [0.2, 0.25) is 0 Å². The molecule has 0 radical (unpaired) electrons. The number of aromatic nitrogens is 2. The second-order valence-corrected chi connectivity index (χ2v) is 7.01. The maximum atomic E-state index is 6.12. The van der Waals surface area contributed by atoms with Crippen LogP contribution >= 0.6 is 27.3 Å². The molecule has 104 valence electrons. The summed E-state index contributed by atoms with van der Waals surface area (Å²) in [7, 11) is 1.93. The Balaban J connectivity index is 1.95. The van der Waals surface area contributed by atoms with Crippen molar-refractivity contribution in [3.8, 4) is 0 Å². The fourth-order valence-corrected chi connectivity index (χ4v) is 3.50. The van der Waals surface area contributed by atoms with E-state index in [9.17, 15) is 0 Å². The van der Waals surface area contributed by atoms with Gasteiger partial charge in [0.15, 0.2) is 0 Å². The molecule has 0 aliphatic rings. The van der Waals surface area contributed by atoms with E-state index >= 15 is 0 Å². The van der Waals surface area contributed by atoms with Crippen molar-refractivity contribution in [1.82, 2.24) is 9.78 Å². The molecule has 0 bridgehead atoms. The summed E-state index contributed by atoms with van der Waals surface area (Å²) >= 11 is 5.24. The molecular formula is C13H19BrN4S. The minimum atomic E-state index is 0.789. The molecule has 0 spiro atoms. The van der Waals surface area contributed by atoms with Gasteiger partial charge in [0, 0.05) is 18.5 Å². The Hall–Kier alpha value is -1.01. The molecule has 2 aromatic heterocycles. The van der Waals surface area contributed by atoms with Crippen LogP contribution in [0.1, 0.15) is 23.9 Å². The lowest BCUT2D eigenvalue weighted by molar-refractivity contribution is 0.735. The molecule has 0 atom stereocenters. The summed E-state index contributed by atoms with van der Waals surface area (Å²) in [6.07, 6.45) is 2.98. The van der Waals surface area contributed by atoms with E-state index in [1.165, 1.54) is 8.66 Å². The zero-order chi connectivity index (χ0) is 13.8. The number of halogens is 1. The van der Waals surface area contributed by atoms with Gasteiger partial charge < -0.3 is 11.1 Å². The first-order valence-corrected chi connectivity index (χ1v) is 8.02. The summed E-state index contributed by atoms with van der Waals surface area (Å²) in [6, 6.07) is 4.23. The molecule has 0 amide bonds.